The van der Waals surface area contributed by atoms with Gasteiger partial charge in [-0.15, -0.1) is 0 Å². The summed E-state index contributed by atoms with van der Waals surface area (Å²) in [7, 11) is 0. The third kappa shape index (κ3) is 10.8. The van der Waals surface area contributed by atoms with Crippen molar-refractivity contribution < 1.29 is 0 Å². The predicted molar refractivity (Wildman–Crippen MR) is 113 cm³/mol. The second-order valence-electron chi connectivity index (χ2n) is 8.07. The maximum absolute atomic E-state index is 5.72. The summed E-state index contributed by atoms with van der Waals surface area (Å²) in [6, 6.07) is 0. The van der Waals surface area contributed by atoms with E-state index < -0.39 is 0 Å². The molecule has 0 saturated heterocycles. The lowest BCUT2D eigenvalue weighted by Crippen LogP contribution is -2.38. The lowest BCUT2D eigenvalue weighted by molar-refractivity contribution is 0.140. The topological polar surface area (TPSA) is 111 Å². The van der Waals surface area contributed by atoms with Crippen molar-refractivity contribution in [2.75, 3.05) is 65.4 Å². The van der Waals surface area contributed by atoms with Crippen molar-refractivity contribution in [3.63, 3.8) is 0 Å². The minimum atomic E-state index is 0.781. The highest BCUT2D eigenvalue weighted by Crippen LogP contribution is 2.30. The van der Waals surface area contributed by atoms with E-state index in [4.69, 9.17) is 22.9 Å². The molecule has 2 unspecified atom stereocenters. The van der Waals surface area contributed by atoms with Crippen LogP contribution in [0.1, 0.15) is 51.4 Å². The van der Waals surface area contributed by atoms with Gasteiger partial charge in [0, 0.05) is 13.1 Å². The highest BCUT2D eigenvalue weighted by atomic mass is 15.1. The average Bonchev–Trinajstić information content (AvgIpc) is 2.66. The molecule has 6 nitrogen and oxygen atoms in total. The van der Waals surface area contributed by atoms with Gasteiger partial charge in [0.25, 0.3) is 0 Å². The van der Waals surface area contributed by atoms with Gasteiger partial charge in [-0.05, 0) is 109 Å². The Bertz CT molecular complexity index is 271. The Kier molecular flexibility index (Phi) is 14.4. The Labute approximate surface area is 162 Å². The van der Waals surface area contributed by atoms with Gasteiger partial charge in [0.15, 0.2) is 0 Å². The van der Waals surface area contributed by atoms with Gasteiger partial charge in [0.2, 0.25) is 0 Å². The van der Waals surface area contributed by atoms with Crippen molar-refractivity contribution in [3.8, 4) is 0 Å². The van der Waals surface area contributed by atoms with Crippen LogP contribution in [-0.2, 0) is 0 Å². The van der Waals surface area contributed by atoms with Gasteiger partial charge >= 0.3 is 0 Å². The Hall–Kier alpha value is -0.240. The fourth-order valence-corrected chi connectivity index (χ4v) is 4.31. The molecule has 0 spiro atoms. The first-order valence-electron chi connectivity index (χ1n) is 11.0. The van der Waals surface area contributed by atoms with E-state index in [1.165, 1.54) is 38.8 Å². The Morgan fingerprint density at radius 2 is 0.923 bits per heavy atom. The second kappa shape index (κ2) is 15.8. The molecule has 0 aromatic carbocycles. The van der Waals surface area contributed by atoms with Crippen LogP contribution < -0.4 is 22.9 Å². The first-order valence-corrected chi connectivity index (χ1v) is 11.0. The fourth-order valence-electron chi connectivity index (χ4n) is 4.31. The van der Waals surface area contributed by atoms with Gasteiger partial charge in [-0.1, -0.05) is 6.42 Å². The first kappa shape index (κ1) is 23.8. The standard InChI is InChI=1S/C20H46N6/c21-8-2-12-25(13-3-9-22)17-19-6-1-7-20(16-19)18-26(14-4-10-23)15-5-11-24/h19-20H,1-18,21-24H2. The number of hydrogen-bond donors (Lipinski definition) is 4. The molecule has 0 amide bonds. The zero-order chi connectivity index (χ0) is 19.0. The summed E-state index contributed by atoms with van der Waals surface area (Å²) < 4.78 is 0. The molecule has 2 atom stereocenters. The Morgan fingerprint density at radius 3 is 1.23 bits per heavy atom. The van der Waals surface area contributed by atoms with Gasteiger partial charge in [0.05, 0.1) is 0 Å². The maximum Gasteiger partial charge on any atom is 0.000978 e. The van der Waals surface area contributed by atoms with E-state index in [9.17, 15) is 0 Å². The molecule has 1 aliphatic rings. The number of rotatable bonds is 16. The molecule has 0 aromatic heterocycles. The molecule has 0 bridgehead atoms. The Balaban J connectivity index is 2.46. The summed E-state index contributed by atoms with van der Waals surface area (Å²) in [4.78, 5) is 5.21. The van der Waals surface area contributed by atoms with Crippen molar-refractivity contribution in [2.45, 2.75) is 51.4 Å². The van der Waals surface area contributed by atoms with Gasteiger partial charge < -0.3 is 32.7 Å². The molecular formula is C20H46N6. The fraction of sp³-hybridized carbons (Fsp3) is 1.00. The molecule has 156 valence electrons. The van der Waals surface area contributed by atoms with Crippen LogP contribution in [0, 0.1) is 11.8 Å². The lowest BCUT2D eigenvalue weighted by Gasteiger charge is -2.36. The van der Waals surface area contributed by atoms with Crippen molar-refractivity contribution in [2.24, 2.45) is 34.8 Å². The molecular weight excluding hydrogens is 324 g/mol. The third-order valence-electron chi connectivity index (χ3n) is 5.64. The molecule has 8 N–H and O–H groups in total. The van der Waals surface area contributed by atoms with E-state index in [1.807, 2.05) is 0 Å². The van der Waals surface area contributed by atoms with E-state index in [0.717, 1.165) is 89.9 Å². The molecule has 6 heteroatoms. The third-order valence-corrected chi connectivity index (χ3v) is 5.64. The molecule has 1 aliphatic carbocycles. The van der Waals surface area contributed by atoms with Crippen LogP contribution in [0.4, 0.5) is 0 Å². The van der Waals surface area contributed by atoms with Crippen LogP contribution in [0.3, 0.4) is 0 Å². The normalized spacial score (nSPS) is 21.0. The van der Waals surface area contributed by atoms with E-state index >= 15 is 0 Å². The second-order valence-corrected chi connectivity index (χ2v) is 8.07. The molecule has 0 radical (unpaired) electrons. The molecule has 0 aromatic rings. The number of nitrogens with two attached hydrogens (primary N) is 4. The summed E-state index contributed by atoms with van der Waals surface area (Å²) in [5.74, 6) is 1.66. The summed E-state index contributed by atoms with van der Waals surface area (Å²) in [5.41, 5.74) is 22.9. The van der Waals surface area contributed by atoms with Crippen LogP contribution in [0.15, 0.2) is 0 Å². The Morgan fingerprint density at radius 1 is 0.577 bits per heavy atom. The van der Waals surface area contributed by atoms with Crippen LogP contribution in [0.5, 0.6) is 0 Å². The lowest BCUT2D eigenvalue weighted by atomic mass is 9.80. The largest absolute Gasteiger partial charge is 0.330 e. The van der Waals surface area contributed by atoms with Crippen LogP contribution in [0.2, 0.25) is 0 Å². The highest BCUT2D eigenvalue weighted by molar-refractivity contribution is 4.78. The minimum Gasteiger partial charge on any atom is -0.330 e. The van der Waals surface area contributed by atoms with E-state index in [-0.39, 0.29) is 0 Å². The quantitative estimate of drug-likeness (QED) is 0.320. The van der Waals surface area contributed by atoms with Gasteiger partial charge in [-0.2, -0.15) is 0 Å². The average molecular weight is 371 g/mol. The van der Waals surface area contributed by atoms with E-state index in [2.05, 4.69) is 9.80 Å². The van der Waals surface area contributed by atoms with Crippen molar-refractivity contribution >= 4 is 0 Å². The number of nitrogens with zero attached hydrogens (tertiary/aromatic N) is 2. The molecule has 26 heavy (non-hydrogen) atoms. The molecule has 1 saturated carbocycles. The minimum absolute atomic E-state index is 0.781. The van der Waals surface area contributed by atoms with Crippen molar-refractivity contribution in [1.82, 2.24) is 9.80 Å². The zero-order valence-electron chi connectivity index (χ0n) is 17.1. The van der Waals surface area contributed by atoms with E-state index in [0.29, 0.717) is 0 Å². The van der Waals surface area contributed by atoms with Crippen LogP contribution >= 0.6 is 0 Å². The van der Waals surface area contributed by atoms with Crippen LogP contribution in [0.25, 0.3) is 0 Å². The van der Waals surface area contributed by atoms with Gasteiger partial charge in [0.1, 0.15) is 0 Å². The van der Waals surface area contributed by atoms with Gasteiger partial charge in [-0.25, -0.2) is 0 Å². The maximum atomic E-state index is 5.72. The molecule has 0 heterocycles. The zero-order valence-corrected chi connectivity index (χ0v) is 17.1. The summed E-state index contributed by atoms with van der Waals surface area (Å²) in [6.07, 6.45) is 9.86. The SMILES string of the molecule is NCCCN(CCCN)CC1CCCC(CN(CCCN)CCCN)C1. The summed E-state index contributed by atoms with van der Waals surface area (Å²) >= 11 is 0. The van der Waals surface area contributed by atoms with Crippen molar-refractivity contribution in [1.29, 1.82) is 0 Å². The predicted octanol–water partition coefficient (Wildman–Crippen LogP) is 0.792. The van der Waals surface area contributed by atoms with Gasteiger partial charge in [-0.3, -0.25) is 0 Å². The molecule has 1 rings (SSSR count). The van der Waals surface area contributed by atoms with Crippen molar-refractivity contribution in [3.05, 3.63) is 0 Å². The van der Waals surface area contributed by atoms with E-state index in [1.54, 1.807) is 0 Å². The smallest absolute Gasteiger partial charge is 0.000978 e. The monoisotopic (exact) mass is 370 g/mol. The summed E-state index contributed by atoms with van der Waals surface area (Å²) in [5, 5.41) is 0. The van der Waals surface area contributed by atoms with Crippen LogP contribution in [-0.4, -0.2) is 75.2 Å². The number of hydrogen-bond acceptors (Lipinski definition) is 6. The molecule has 0 aliphatic heterocycles. The first-order chi connectivity index (χ1) is 12.7. The molecule has 1 fully saturated rings. The summed E-state index contributed by atoms with van der Waals surface area (Å²) in [6.45, 7) is 10.1. The highest BCUT2D eigenvalue weighted by Gasteiger charge is 2.25.